The second-order valence-corrected chi connectivity index (χ2v) is 7.76. The van der Waals surface area contributed by atoms with Crippen LogP contribution in [0.3, 0.4) is 0 Å². The maximum atomic E-state index is 6.12. The van der Waals surface area contributed by atoms with Crippen LogP contribution in [0.1, 0.15) is 45.7 Å². The third-order valence-electron chi connectivity index (χ3n) is 5.64. The minimum Gasteiger partial charge on any atom is -0.371 e. The molecule has 1 aromatic heterocycles. The van der Waals surface area contributed by atoms with Crippen LogP contribution in [0, 0.1) is 16.7 Å². The normalized spacial score (nSPS) is 37.3. The monoisotopic (exact) mass is 286 g/mol. The van der Waals surface area contributed by atoms with E-state index < -0.39 is 0 Å². The van der Waals surface area contributed by atoms with Gasteiger partial charge in [0, 0.05) is 11.5 Å². The lowest BCUT2D eigenvalue weighted by Gasteiger charge is -2.38. The molecule has 5 heteroatoms. The molecule has 2 bridgehead atoms. The Balaban J connectivity index is 1.71. The van der Waals surface area contributed by atoms with E-state index in [4.69, 9.17) is 16.3 Å². The number of fused-ring (bicyclic) bond motifs is 2. The van der Waals surface area contributed by atoms with Crippen molar-refractivity contribution < 1.29 is 4.74 Å². The Morgan fingerprint density at radius 2 is 2.22 bits per heavy atom. The highest BCUT2D eigenvalue weighted by molar-refractivity contribution is 7.10. The summed E-state index contributed by atoms with van der Waals surface area (Å²) >= 11 is 7.23. The van der Waals surface area contributed by atoms with Crippen LogP contribution < -0.4 is 0 Å². The molecule has 3 nitrogen and oxygen atoms in total. The molecule has 3 rings (SSSR count). The van der Waals surface area contributed by atoms with Crippen molar-refractivity contribution in [2.24, 2.45) is 16.7 Å². The highest BCUT2D eigenvalue weighted by atomic mass is 35.5. The standard InChI is InChI=1S/C13H19ClN2OS/c1-12(2)8-4-5-13(12,3)10(6-8)17-7-9-11(14)18-16-15-9/h8,10H,4-7H2,1-3H3. The number of aromatic nitrogens is 2. The fourth-order valence-corrected chi connectivity index (χ4v) is 4.45. The minimum atomic E-state index is 0.299. The average Bonchev–Trinajstić information content (AvgIpc) is 2.87. The van der Waals surface area contributed by atoms with Crippen LogP contribution in [-0.4, -0.2) is 15.7 Å². The van der Waals surface area contributed by atoms with Gasteiger partial charge in [0.2, 0.25) is 0 Å². The van der Waals surface area contributed by atoms with Crippen LogP contribution in [0.4, 0.5) is 0 Å². The second kappa shape index (κ2) is 4.15. The van der Waals surface area contributed by atoms with E-state index in [0.717, 1.165) is 11.6 Å². The summed E-state index contributed by atoms with van der Waals surface area (Å²) in [5.41, 5.74) is 1.47. The summed E-state index contributed by atoms with van der Waals surface area (Å²) in [4.78, 5) is 0. The second-order valence-electron chi connectivity index (χ2n) is 6.40. The predicted molar refractivity (Wildman–Crippen MR) is 72.7 cm³/mol. The van der Waals surface area contributed by atoms with Gasteiger partial charge in [-0.25, -0.2) is 0 Å². The maximum absolute atomic E-state index is 6.12. The summed E-state index contributed by atoms with van der Waals surface area (Å²) in [6.07, 6.45) is 4.14. The van der Waals surface area contributed by atoms with E-state index in [1.807, 2.05) is 0 Å². The molecule has 1 aromatic rings. The first-order chi connectivity index (χ1) is 8.45. The molecule has 0 N–H and O–H groups in total. The number of halogens is 1. The Kier molecular flexibility index (Phi) is 2.96. The zero-order valence-electron chi connectivity index (χ0n) is 11.1. The average molecular weight is 287 g/mol. The third kappa shape index (κ3) is 1.65. The summed E-state index contributed by atoms with van der Waals surface area (Å²) in [5.74, 6) is 0.802. The predicted octanol–water partition coefficient (Wildman–Crippen LogP) is 3.92. The Morgan fingerprint density at radius 1 is 1.44 bits per heavy atom. The van der Waals surface area contributed by atoms with Crippen molar-refractivity contribution >= 4 is 23.1 Å². The van der Waals surface area contributed by atoms with Gasteiger partial charge in [0.15, 0.2) is 0 Å². The lowest BCUT2D eigenvalue weighted by molar-refractivity contribution is -0.0560. The zero-order valence-corrected chi connectivity index (χ0v) is 12.6. The molecule has 100 valence electrons. The molecule has 0 amide bonds. The van der Waals surface area contributed by atoms with Gasteiger partial charge in [0.05, 0.1) is 12.7 Å². The number of hydrogen-bond donors (Lipinski definition) is 0. The topological polar surface area (TPSA) is 35.0 Å². The molecule has 2 aliphatic carbocycles. The van der Waals surface area contributed by atoms with E-state index >= 15 is 0 Å². The smallest absolute Gasteiger partial charge is 0.139 e. The molecule has 2 aliphatic rings. The van der Waals surface area contributed by atoms with Gasteiger partial charge in [-0.15, -0.1) is 5.10 Å². The van der Waals surface area contributed by atoms with E-state index in [9.17, 15) is 0 Å². The quantitative estimate of drug-likeness (QED) is 0.845. The van der Waals surface area contributed by atoms with Crippen molar-refractivity contribution in [2.45, 2.75) is 52.7 Å². The fraction of sp³-hybridized carbons (Fsp3) is 0.846. The molecule has 2 saturated carbocycles. The van der Waals surface area contributed by atoms with Crippen molar-refractivity contribution in [3.63, 3.8) is 0 Å². The molecule has 3 atom stereocenters. The first kappa shape index (κ1) is 12.8. The van der Waals surface area contributed by atoms with Crippen LogP contribution in [-0.2, 0) is 11.3 Å². The third-order valence-corrected chi connectivity index (χ3v) is 6.63. The van der Waals surface area contributed by atoms with E-state index in [0.29, 0.717) is 27.9 Å². The molecule has 18 heavy (non-hydrogen) atoms. The van der Waals surface area contributed by atoms with E-state index in [2.05, 4.69) is 30.4 Å². The Labute approximate surface area is 117 Å². The van der Waals surface area contributed by atoms with Crippen LogP contribution >= 0.6 is 23.1 Å². The molecule has 1 heterocycles. The first-order valence-electron chi connectivity index (χ1n) is 6.53. The molecule has 2 fully saturated rings. The molecule has 3 unspecified atom stereocenters. The van der Waals surface area contributed by atoms with E-state index in [-0.39, 0.29) is 0 Å². The van der Waals surface area contributed by atoms with Gasteiger partial charge in [0.1, 0.15) is 10.0 Å². The molecule has 0 aromatic carbocycles. The van der Waals surface area contributed by atoms with Gasteiger partial charge < -0.3 is 4.74 Å². The van der Waals surface area contributed by atoms with Gasteiger partial charge in [-0.05, 0) is 36.0 Å². The first-order valence-corrected chi connectivity index (χ1v) is 7.68. The fourth-order valence-electron chi connectivity index (χ4n) is 3.84. The molecule has 0 spiro atoms. The maximum Gasteiger partial charge on any atom is 0.139 e. The highest BCUT2D eigenvalue weighted by Crippen LogP contribution is 2.66. The van der Waals surface area contributed by atoms with E-state index in [1.54, 1.807) is 0 Å². The summed E-state index contributed by atoms with van der Waals surface area (Å²) in [6.45, 7) is 7.67. The van der Waals surface area contributed by atoms with Gasteiger partial charge in [-0.2, -0.15) is 0 Å². The van der Waals surface area contributed by atoms with Gasteiger partial charge in [0.25, 0.3) is 0 Å². The molecular formula is C13H19ClN2OS. The molecule has 0 aliphatic heterocycles. The molecule has 0 radical (unpaired) electrons. The molecular weight excluding hydrogens is 268 g/mol. The SMILES string of the molecule is CC1(C)C2CCC1(C)C(OCc1nnsc1Cl)C2. The summed E-state index contributed by atoms with van der Waals surface area (Å²) < 4.78 is 10.6. The van der Waals surface area contributed by atoms with Gasteiger partial charge >= 0.3 is 0 Å². The van der Waals surface area contributed by atoms with Crippen LogP contribution in [0.5, 0.6) is 0 Å². The van der Waals surface area contributed by atoms with Gasteiger partial charge in [-0.3, -0.25) is 0 Å². The Bertz CT molecular complexity index is 462. The summed E-state index contributed by atoms with van der Waals surface area (Å²) in [5, 5.41) is 4.01. The van der Waals surface area contributed by atoms with Crippen molar-refractivity contribution in [3.8, 4) is 0 Å². The number of hydrogen-bond acceptors (Lipinski definition) is 4. The van der Waals surface area contributed by atoms with Crippen molar-refractivity contribution in [3.05, 3.63) is 10.0 Å². The van der Waals surface area contributed by atoms with Crippen LogP contribution in [0.25, 0.3) is 0 Å². The summed E-state index contributed by atoms with van der Waals surface area (Å²) in [6, 6.07) is 0. The summed E-state index contributed by atoms with van der Waals surface area (Å²) in [7, 11) is 0. The van der Waals surface area contributed by atoms with Crippen molar-refractivity contribution in [2.75, 3.05) is 0 Å². The van der Waals surface area contributed by atoms with Crippen molar-refractivity contribution in [1.82, 2.24) is 9.59 Å². The zero-order chi connectivity index (χ0) is 13.0. The van der Waals surface area contributed by atoms with Crippen LogP contribution in [0.15, 0.2) is 0 Å². The Morgan fingerprint density at radius 3 is 2.72 bits per heavy atom. The highest BCUT2D eigenvalue weighted by Gasteiger charge is 2.61. The largest absolute Gasteiger partial charge is 0.371 e. The van der Waals surface area contributed by atoms with Gasteiger partial charge in [-0.1, -0.05) is 36.9 Å². The minimum absolute atomic E-state index is 0.299. The lowest BCUT2D eigenvalue weighted by Crippen LogP contribution is -2.37. The number of rotatable bonds is 3. The number of ether oxygens (including phenoxy) is 1. The Hall–Kier alpha value is -0.190. The number of nitrogens with zero attached hydrogens (tertiary/aromatic N) is 2. The van der Waals surface area contributed by atoms with Crippen LogP contribution in [0.2, 0.25) is 4.34 Å². The lowest BCUT2D eigenvalue weighted by atomic mass is 9.70. The van der Waals surface area contributed by atoms with E-state index in [1.165, 1.54) is 30.8 Å². The molecule has 0 saturated heterocycles. The van der Waals surface area contributed by atoms with Crippen molar-refractivity contribution in [1.29, 1.82) is 0 Å².